The summed E-state index contributed by atoms with van der Waals surface area (Å²) in [6.07, 6.45) is 9.00. The molecule has 10 rings (SSSR count). The van der Waals surface area contributed by atoms with Crippen LogP contribution in [0.3, 0.4) is 0 Å². The van der Waals surface area contributed by atoms with Crippen molar-refractivity contribution in [3.8, 4) is 33.5 Å². The van der Waals surface area contributed by atoms with Gasteiger partial charge >= 0.3 is 0 Å². The van der Waals surface area contributed by atoms with Crippen LogP contribution < -0.4 is 10.4 Å². The van der Waals surface area contributed by atoms with Crippen molar-refractivity contribution in [1.29, 1.82) is 0 Å². The molecule has 2 heteroatoms. The van der Waals surface area contributed by atoms with Gasteiger partial charge in [-0.2, -0.15) is 0 Å². The summed E-state index contributed by atoms with van der Waals surface area (Å²) in [5.74, 6) is 0. The van der Waals surface area contributed by atoms with Crippen LogP contribution >= 0.6 is 11.3 Å². The fourth-order valence-corrected chi connectivity index (χ4v) is 8.93. The van der Waals surface area contributed by atoms with Gasteiger partial charge in [-0.05, 0) is 108 Å². The lowest BCUT2D eigenvalue weighted by molar-refractivity contribution is 1.12. The predicted octanol–water partition coefficient (Wildman–Crippen LogP) is 11.3. The van der Waals surface area contributed by atoms with Crippen LogP contribution in [-0.4, -0.2) is 4.98 Å². The number of thiophene rings is 1. The normalized spacial score (nSPS) is 12.9. The van der Waals surface area contributed by atoms with Crippen molar-refractivity contribution in [3.63, 3.8) is 0 Å². The summed E-state index contributed by atoms with van der Waals surface area (Å²) in [7, 11) is 0. The van der Waals surface area contributed by atoms with Crippen LogP contribution in [0.15, 0.2) is 140 Å². The van der Waals surface area contributed by atoms with Crippen molar-refractivity contribution >= 4 is 76.0 Å². The molecule has 0 aliphatic heterocycles. The van der Waals surface area contributed by atoms with Crippen LogP contribution in [0.2, 0.25) is 0 Å². The predicted molar refractivity (Wildman–Crippen MR) is 203 cm³/mol. The molecule has 7 aromatic carbocycles. The van der Waals surface area contributed by atoms with Crippen LogP contribution in [-0.2, 0) is 0 Å². The minimum Gasteiger partial charge on any atom is -0.255 e. The topological polar surface area (TPSA) is 12.9 Å². The molecular weight excluding hydrogens is 587 g/mol. The molecule has 1 nitrogen and oxygen atoms in total. The zero-order valence-electron chi connectivity index (χ0n) is 25.7. The molecule has 2 heterocycles. The van der Waals surface area contributed by atoms with E-state index in [4.69, 9.17) is 4.98 Å². The number of nitrogens with zero attached hydrogens (tertiary/aromatic N) is 1. The van der Waals surface area contributed by atoms with E-state index < -0.39 is 0 Å². The summed E-state index contributed by atoms with van der Waals surface area (Å²) in [6.45, 7) is 0. The number of benzene rings is 7. The van der Waals surface area contributed by atoms with Crippen molar-refractivity contribution in [2.45, 2.75) is 12.8 Å². The van der Waals surface area contributed by atoms with Gasteiger partial charge in [0.1, 0.15) is 0 Å². The van der Waals surface area contributed by atoms with Gasteiger partial charge in [0, 0.05) is 27.2 Å². The van der Waals surface area contributed by atoms with Crippen molar-refractivity contribution in [3.05, 3.63) is 150 Å². The zero-order chi connectivity index (χ0) is 30.9. The SMILES string of the molecule is C1=c2c(-c3ccc4ccccc4c3)c3ccc(-c4nccc5c4sc4ccccc45)cc3c(-c3ccc4ccccc4c3)c2=CCC1. The summed E-state index contributed by atoms with van der Waals surface area (Å²) in [4.78, 5) is 5.02. The highest BCUT2D eigenvalue weighted by Crippen LogP contribution is 2.41. The van der Waals surface area contributed by atoms with E-state index in [-0.39, 0.29) is 0 Å². The molecule has 1 aliphatic rings. The van der Waals surface area contributed by atoms with Crippen molar-refractivity contribution in [2.75, 3.05) is 0 Å². The van der Waals surface area contributed by atoms with Gasteiger partial charge in [-0.3, -0.25) is 4.98 Å². The zero-order valence-corrected chi connectivity index (χ0v) is 26.5. The van der Waals surface area contributed by atoms with Gasteiger partial charge in [-0.25, -0.2) is 0 Å². The molecule has 0 bridgehead atoms. The Morgan fingerprint density at radius 3 is 1.74 bits per heavy atom. The largest absolute Gasteiger partial charge is 0.255 e. The lowest BCUT2D eigenvalue weighted by Crippen LogP contribution is -2.31. The van der Waals surface area contributed by atoms with E-state index in [2.05, 4.69) is 146 Å². The molecule has 0 N–H and O–H groups in total. The lowest BCUT2D eigenvalue weighted by Gasteiger charge is -2.19. The third-order valence-electron chi connectivity index (χ3n) is 9.89. The van der Waals surface area contributed by atoms with Gasteiger partial charge in [0.05, 0.1) is 10.4 Å². The van der Waals surface area contributed by atoms with Crippen LogP contribution in [0.1, 0.15) is 12.8 Å². The smallest absolute Gasteiger partial charge is 0.0880 e. The maximum Gasteiger partial charge on any atom is 0.0880 e. The highest BCUT2D eigenvalue weighted by atomic mass is 32.1. The number of rotatable bonds is 3. The van der Waals surface area contributed by atoms with Crippen molar-refractivity contribution in [1.82, 2.24) is 4.98 Å². The Morgan fingerprint density at radius 1 is 0.447 bits per heavy atom. The Hall–Kier alpha value is -5.57. The molecule has 2 aromatic heterocycles. The van der Waals surface area contributed by atoms with E-state index in [1.165, 1.54) is 85.2 Å². The maximum atomic E-state index is 5.02. The molecule has 0 amide bonds. The quantitative estimate of drug-likeness (QED) is 0.193. The Bertz CT molecular complexity index is 2860. The molecule has 1 aliphatic carbocycles. The second kappa shape index (κ2) is 10.5. The molecule has 9 aromatic rings. The van der Waals surface area contributed by atoms with Gasteiger partial charge in [-0.1, -0.05) is 115 Å². The van der Waals surface area contributed by atoms with E-state index in [1.54, 1.807) is 0 Å². The molecule has 220 valence electrons. The summed E-state index contributed by atoms with van der Waals surface area (Å²) in [6, 6.07) is 49.2. The first-order valence-electron chi connectivity index (χ1n) is 16.4. The Labute approximate surface area is 276 Å². The van der Waals surface area contributed by atoms with Gasteiger partial charge in [0.15, 0.2) is 0 Å². The molecule has 0 unspecified atom stereocenters. The molecule has 0 saturated heterocycles. The van der Waals surface area contributed by atoms with Crippen LogP contribution in [0.5, 0.6) is 0 Å². The van der Waals surface area contributed by atoms with E-state index in [0.717, 1.165) is 24.1 Å². The van der Waals surface area contributed by atoms with Gasteiger partial charge in [0.25, 0.3) is 0 Å². The molecular formula is C45H29NS. The van der Waals surface area contributed by atoms with Crippen molar-refractivity contribution in [2.24, 2.45) is 0 Å². The van der Waals surface area contributed by atoms with Gasteiger partial charge < -0.3 is 0 Å². The van der Waals surface area contributed by atoms with Crippen molar-refractivity contribution < 1.29 is 0 Å². The third-order valence-corrected chi connectivity index (χ3v) is 11.1. The Balaban J connectivity index is 1.33. The highest BCUT2D eigenvalue weighted by Gasteiger charge is 2.19. The average Bonchev–Trinajstić information content (AvgIpc) is 3.52. The molecule has 0 saturated carbocycles. The minimum absolute atomic E-state index is 1.04. The van der Waals surface area contributed by atoms with Gasteiger partial charge in [0.2, 0.25) is 0 Å². The lowest BCUT2D eigenvalue weighted by atomic mass is 9.84. The first-order chi connectivity index (χ1) is 23.3. The summed E-state index contributed by atoms with van der Waals surface area (Å²) in [5.41, 5.74) is 7.36. The number of fused-ring (bicyclic) bond motifs is 7. The molecule has 0 spiro atoms. The fraction of sp³-hybridized carbons (Fsp3) is 0.0444. The summed E-state index contributed by atoms with van der Waals surface area (Å²) >= 11 is 1.84. The highest BCUT2D eigenvalue weighted by molar-refractivity contribution is 7.26. The molecule has 47 heavy (non-hydrogen) atoms. The van der Waals surface area contributed by atoms with Crippen LogP contribution in [0.4, 0.5) is 0 Å². The summed E-state index contributed by atoms with van der Waals surface area (Å²) < 4.78 is 2.54. The molecule has 0 atom stereocenters. The van der Waals surface area contributed by atoms with Crippen LogP contribution in [0.25, 0.3) is 98.2 Å². The molecule has 0 fully saturated rings. The average molecular weight is 616 g/mol. The first kappa shape index (κ1) is 26.6. The fourth-order valence-electron chi connectivity index (χ4n) is 7.72. The van der Waals surface area contributed by atoms with Gasteiger partial charge in [-0.15, -0.1) is 11.3 Å². The number of pyridine rings is 1. The Kier molecular flexibility index (Phi) is 5.94. The Morgan fingerprint density at radius 2 is 1.04 bits per heavy atom. The van der Waals surface area contributed by atoms with Crippen LogP contribution in [0, 0.1) is 0 Å². The minimum atomic E-state index is 1.04. The number of aromatic nitrogens is 1. The standard InChI is InChI=1S/C45H29NS/c1-3-11-30-25-32(19-17-28(30)9-1)42-36-14-5-6-15-37(36)43(33-20-18-29-10-2-4-12-31(29)26-33)40-27-34(21-22-38(40)42)44-45-39(23-24-46-44)35-13-7-8-16-41(35)47-45/h1-4,7-27H,5-6H2. The maximum absolute atomic E-state index is 5.02. The van der Waals surface area contributed by atoms with E-state index >= 15 is 0 Å². The monoisotopic (exact) mass is 615 g/mol. The second-order valence-corrected chi connectivity index (χ2v) is 13.6. The van der Waals surface area contributed by atoms with E-state index in [9.17, 15) is 0 Å². The van der Waals surface area contributed by atoms with E-state index in [1.807, 2.05) is 17.5 Å². The third kappa shape index (κ3) is 4.19. The molecule has 0 radical (unpaired) electrons. The number of hydrogen-bond donors (Lipinski definition) is 0. The number of hydrogen-bond acceptors (Lipinski definition) is 2. The second-order valence-electron chi connectivity index (χ2n) is 12.6. The van der Waals surface area contributed by atoms with E-state index in [0.29, 0.717) is 0 Å². The first-order valence-corrected chi connectivity index (χ1v) is 17.2. The summed E-state index contributed by atoms with van der Waals surface area (Å²) in [5, 5.41) is 12.9.